The van der Waals surface area contributed by atoms with Crippen molar-refractivity contribution in [2.24, 2.45) is 0 Å². The molecule has 0 saturated heterocycles. The lowest BCUT2D eigenvalue weighted by Gasteiger charge is -2.34. The average Bonchev–Trinajstić information content (AvgIpc) is 2.29. The Labute approximate surface area is 117 Å². The Morgan fingerprint density at radius 2 is 1.17 bits per heavy atom. The van der Waals surface area contributed by atoms with Crippen molar-refractivity contribution in [2.75, 3.05) is 6.61 Å². The molecule has 0 unspecified atom stereocenters. The molecule has 0 amide bonds. The van der Waals surface area contributed by atoms with Crippen LogP contribution in [-0.4, -0.2) is 6.61 Å². The lowest BCUT2D eigenvalue weighted by atomic mass is 10.1. The predicted molar refractivity (Wildman–Crippen MR) is 76.7 cm³/mol. The number of rotatable bonds is 13. The number of unbranched alkanes of at least 4 members (excludes halogenated alkanes) is 10. The highest BCUT2D eigenvalue weighted by Crippen LogP contribution is 2.25. The molecule has 0 bridgehead atoms. The zero-order valence-electron chi connectivity index (χ0n) is 11.6. The Morgan fingerprint density at radius 3 is 1.56 bits per heavy atom. The van der Waals surface area contributed by atoms with E-state index in [1.54, 1.807) is 0 Å². The van der Waals surface area contributed by atoms with Gasteiger partial charge in [0.1, 0.15) is 0 Å². The predicted octanol–water partition coefficient (Wildman–Crippen LogP) is 3.26. The van der Waals surface area contributed by atoms with E-state index < -0.39 is 6.72 Å². The molecule has 0 saturated carbocycles. The third-order valence-electron chi connectivity index (χ3n) is 3.00. The third-order valence-corrected chi connectivity index (χ3v) is 3.81. The quantitative estimate of drug-likeness (QED) is 0.386. The summed E-state index contributed by atoms with van der Waals surface area (Å²) >= 11 is 4.14. The molecule has 5 heteroatoms. The van der Waals surface area contributed by atoms with Crippen molar-refractivity contribution in [3.05, 3.63) is 0 Å². The topological polar surface area (TPSA) is 55.3 Å². The van der Waals surface area contributed by atoms with Gasteiger partial charge in [-0.05, 0) is 6.42 Å². The first-order valence-corrected chi connectivity index (χ1v) is 9.78. The second-order valence-corrected chi connectivity index (χ2v) is 7.31. The van der Waals surface area contributed by atoms with E-state index in [2.05, 4.69) is 23.3 Å². The van der Waals surface area contributed by atoms with E-state index in [0.29, 0.717) is 0 Å². The fourth-order valence-electron chi connectivity index (χ4n) is 1.94. The molecule has 3 nitrogen and oxygen atoms in total. The highest BCUT2D eigenvalue weighted by atomic mass is 32.5. The summed E-state index contributed by atoms with van der Waals surface area (Å²) in [5.41, 5.74) is 0. The molecule has 0 radical (unpaired) electrons. The molecule has 0 spiro atoms. The van der Waals surface area contributed by atoms with Gasteiger partial charge in [-0.2, -0.15) is 0 Å². The van der Waals surface area contributed by atoms with Gasteiger partial charge >= 0.3 is 0 Å². The van der Waals surface area contributed by atoms with Crippen molar-refractivity contribution in [1.82, 2.24) is 0 Å². The lowest BCUT2D eigenvalue weighted by molar-refractivity contribution is -0.321. The van der Waals surface area contributed by atoms with Crippen LogP contribution >= 0.6 is 6.72 Å². The lowest BCUT2D eigenvalue weighted by Crippen LogP contribution is -2.16. The first kappa shape index (κ1) is 18.5. The Kier molecular flexibility index (Phi) is 12.9. The van der Waals surface area contributed by atoms with Gasteiger partial charge in [0.05, 0.1) is 0 Å². The van der Waals surface area contributed by atoms with Gasteiger partial charge in [-0.3, -0.25) is 0 Å². The summed E-state index contributed by atoms with van der Waals surface area (Å²) in [5, 5.41) is 0. The smallest absolute Gasteiger partial charge is 0.0486 e. The van der Waals surface area contributed by atoms with Crippen molar-refractivity contribution >= 4 is 18.5 Å². The minimum absolute atomic E-state index is 0.251. The van der Waals surface area contributed by atoms with E-state index in [1.165, 1.54) is 57.8 Å². The first-order chi connectivity index (χ1) is 8.56. The average molecular weight is 294 g/mol. The van der Waals surface area contributed by atoms with E-state index in [4.69, 9.17) is 0 Å². The standard InChI is InChI=1S/C13H29O3PS/c1-2-3-4-5-6-7-8-9-10-11-12-13-16-17(14,15)18/h2-13H2,1H3,(H2,14,15,18)/p-2. The molecule has 110 valence electrons. The number of hydrogen-bond donors (Lipinski definition) is 0. The molecule has 0 N–H and O–H groups in total. The molecule has 0 aliphatic rings. The molecule has 0 rings (SSSR count). The van der Waals surface area contributed by atoms with Crippen LogP contribution in [0.25, 0.3) is 0 Å². The van der Waals surface area contributed by atoms with Crippen molar-refractivity contribution in [2.45, 2.75) is 77.6 Å². The molecule has 0 aromatic rings. The second-order valence-electron chi connectivity index (χ2n) is 4.82. The molecule has 0 aliphatic heterocycles. The molecule has 0 fully saturated rings. The van der Waals surface area contributed by atoms with Gasteiger partial charge in [0, 0.05) is 6.61 Å². The van der Waals surface area contributed by atoms with Gasteiger partial charge < -0.3 is 14.3 Å². The SMILES string of the molecule is CCCCCCCCCCCCCOP([O-])([O-])=S. The van der Waals surface area contributed by atoms with Gasteiger partial charge in [-0.15, -0.1) is 11.8 Å². The van der Waals surface area contributed by atoms with E-state index in [1.807, 2.05) is 0 Å². The number of hydrogen-bond acceptors (Lipinski definition) is 4. The van der Waals surface area contributed by atoms with Crippen LogP contribution in [0.4, 0.5) is 0 Å². The van der Waals surface area contributed by atoms with Crippen molar-refractivity contribution < 1.29 is 14.3 Å². The maximum absolute atomic E-state index is 10.5. The molecular formula is C13H27O3PS-2. The Hall–Kier alpha value is 0.530. The normalized spacial score (nSPS) is 11.9. The molecular weight excluding hydrogens is 267 g/mol. The maximum Gasteiger partial charge on any atom is 0.0486 e. The summed E-state index contributed by atoms with van der Waals surface area (Å²) in [6.07, 6.45) is 13.7. The van der Waals surface area contributed by atoms with Gasteiger partial charge in [-0.25, -0.2) is 0 Å². The van der Waals surface area contributed by atoms with Crippen LogP contribution in [0.1, 0.15) is 77.6 Å². The highest BCUT2D eigenvalue weighted by Gasteiger charge is 1.93. The molecule has 0 aliphatic carbocycles. The molecule has 0 aromatic carbocycles. The molecule has 18 heavy (non-hydrogen) atoms. The minimum Gasteiger partial charge on any atom is -0.812 e. The van der Waals surface area contributed by atoms with Crippen LogP contribution in [0.5, 0.6) is 0 Å². The summed E-state index contributed by atoms with van der Waals surface area (Å²) in [6.45, 7) is -1.42. The fraction of sp³-hybridized carbons (Fsp3) is 1.00. The molecule has 0 aromatic heterocycles. The van der Waals surface area contributed by atoms with E-state index in [0.717, 1.165) is 12.8 Å². The van der Waals surface area contributed by atoms with E-state index in [-0.39, 0.29) is 6.61 Å². The van der Waals surface area contributed by atoms with Crippen LogP contribution in [0.15, 0.2) is 0 Å². The summed E-state index contributed by atoms with van der Waals surface area (Å²) in [5.74, 6) is 0. The summed E-state index contributed by atoms with van der Waals surface area (Å²) < 4.78 is 4.53. The Bertz CT molecular complexity index is 218. The van der Waals surface area contributed by atoms with Crippen LogP contribution in [0.3, 0.4) is 0 Å². The van der Waals surface area contributed by atoms with Crippen molar-refractivity contribution in [3.63, 3.8) is 0 Å². The van der Waals surface area contributed by atoms with Gasteiger partial charge in [-0.1, -0.05) is 77.9 Å². The zero-order valence-corrected chi connectivity index (χ0v) is 13.3. The van der Waals surface area contributed by atoms with Gasteiger partial charge in [0.2, 0.25) is 0 Å². The van der Waals surface area contributed by atoms with Gasteiger partial charge in [0.15, 0.2) is 0 Å². The second kappa shape index (κ2) is 12.6. The summed E-state index contributed by atoms with van der Waals surface area (Å²) in [4.78, 5) is 21.1. The minimum atomic E-state index is -3.91. The van der Waals surface area contributed by atoms with E-state index >= 15 is 0 Å². The monoisotopic (exact) mass is 294 g/mol. The van der Waals surface area contributed by atoms with E-state index in [9.17, 15) is 9.79 Å². The molecule has 0 heterocycles. The van der Waals surface area contributed by atoms with Crippen molar-refractivity contribution in [1.29, 1.82) is 0 Å². The zero-order chi connectivity index (χ0) is 13.7. The maximum atomic E-state index is 10.5. The third kappa shape index (κ3) is 16.5. The Balaban J connectivity index is 3.01. The summed E-state index contributed by atoms with van der Waals surface area (Å²) in [7, 11) is 0. The van der Waals surface area contributed by atoms with Crippen LogP contribution in [0.2, 0.25) is 0 Å². The van der Waals surface area contributed by atoms with Gasteiger partial charge in [0.25, 0.3) is 0 Å². The highest BCUT2D eigenvalue weighted by molar-refractivity contribution is 8.05. The summed E-state index contributed by atoms with van der Waals surface area (Å²) in [6, 6.07) is 0. The Morgan fingerprint density at radius 1 is 0.778 bits per heavy atom. The van der Waals surface area contributed by atoms with Crippen LogP contribution in [-0.2, 0) is 16.3 Å². The van der Waals surface area contributed by atoms with Crippen LogP contribution in [0, 0.1) is 0 Å². The first-order valence-electron chi connectivity index (χ1n) is 7.23. The fourth-order valence-corrected chi connectivity index (χ4v) is 2.52. The molecule has 0 atom stereocenters. The largest absolute Gasteiger partial charge is 0.812 e. The van der Waals surface area contributed by atoms with Crippen LogP contribution < -0.4 is 9.79 Å². The van der Waals surface area contributed by atoms with Crippen molar-refractivity contribution in [3.8, 4) is 0 Å².